The Bertz CT molecular complexity index is 831. The number of hydrogen-bond donors (Lipinski definition) is 0. The molecule has 5 heteroatoms. The van der Waals surface area contributed by atoms with Crippen LogP contribution in [0.1, 0.15) is 31.2 Å². The van der Waals surface area contributed by atoms with Gasteiger partial charge in [0, 0.05) is 31.7 Å². The number of amides is 1. The van der Waals surface area contributed by atoms with E-state index in [9.17, 15) is 4.79 Å². The predicted octanol–water partition coefficient (Wildman–Crippen LogP) is 3.73. The van der Waals surface area contributed by atoms with Crippen LogP contribution in [0.5, 0.6) is 11.5 Å². The van der Waals surface area contributed by atoms with Gasteiger partial charge in [-0.3, -0.25) is 9.69 Å². The number of likely N-dealkylation sites (N-methyl/N-ethyl adjacent to an activating group) is 2. The van der Waals surface area contributed by atoms with E-state index in [0.717, 1.165) is 50.3 Å². The number of rotatable bonds is 4. The van der Waals surface area contributed by atoms with Crippen LogP contribution in [0.25, 0.3) is 0 Å². The Morgan fingerprint density at radius 2 is 1.83 bits per heavy atom. The van der Waals surface area contributed by atoms with Gasteiger partial charge in [0.2, 0.25) is 0 Å². The Morgan fingerprint density at radius 3 is 2.59 bits per heavy atom. The second-order valence-electron chi connectivity index (χ2n) is 8.40. The second-order valence-corrected chi connectivity index (χ2v) is 8.40. The molecule has 2 aromatic rings. The first kappa shape index (κ1) is 19.8. The number of ether oxygens (including phenoxy) is 2. The normalized spacial score (nSPS) is 24.3. The molecule has 0 N–H and O–H groups in total. The van der Waals surface area contributed by atoms with Crippen LogP contribution >= 0.6 is 0 Å². The number of fused-ring (bicyclic) bond motifs is 1. The number of carbonyl (C=O) groups is 1. The van der Waals surface area contributed by atoms with Crippen LogP contribution in [-0.4, -0.2) is 54.6 Å². The first-order valence-electron chi connectivity index (χ1n) is 10.4. The third kappa shape index (κ3) is 4.56. The lowest BCUT2D eigenvalue weighted by Gasteiger charge is -2.43. The molecule has 29 heavy (non-hydrogen) atoms. The Kier molecular flexibility index (Phi) is 5.76. The van der Waals surface area contributed by atoms with Crippen molar-refractivity contribution in [3.05, 3.63) is 60.2 Å². The van der Waals surface area contributed by atoms with Crippen LogP contribution < -0.4 is 9.47 Å². The molecule has 1 heterocycles. The minimum Gasteiger partial charge on any atom is -0.486 e. The van der Waals surface area contributed by atoms with Gasteiger partial charge in [-0.2, -0.15) is 0 Å². The Morgan fingerprint density at radius 1 is 1.14 bits per heavy atom. The second kappa shape index (κ2) is 8.46. The van der Waals surface area contributed by atoms with Crippen molar-refractivity contribution in [1.82, 2.24) is 9.80 Å². The summed E-state index contributed by atoms with van der Waals surface area (Å²) in [6.07, 6.45) is 3.80. The number of carbonyl (C=O) groups excluding carboxylic acids is 1. The summed E-state index contributed by atoms with van der Waals surface area (Å²) in [4.78, 5) is 16.8. The van der Waals surface area contributed by atoms with E-state index in [0.29, 0.717) is 0 Å². The quantitative estimate of drug-likeness (QED) is 0.792. The van der Waals surface area contributed by atoms with Gasteiger partial charge in [0.15, 0.2) is 6.61 Å². The Labute approximate surface area is 173 Å². The summed E-state index contributed by atoms with van der Waals surface area (Å²) in [7, 11) is 4.06. The summed E-state index contributed by atoms with van der Waals surface area (Å²) in [6.45, 7) is 1.91. The fourth-order valence-electron chi connectivity index (χ4n) is 4.58. The van der Waals surface area contributed by atoms with E-state index in [1.54, 1.807) is 0 Å². The monoisotopic (exact) mass is 394 g/mol. The van der Waals surface area contributed by atoms with Crippen LogP contribution in [0.4, 0.5) is 0 Å². The minimum atomic E-state index is -0.164. The van der Waals surface area contributed by atoms with Gasteiger partial charge in [-0.15, -0.1) is 0 Å². The SMILES string of the molecule is CN1Cc2ccccc2OC2(CCC(N(C)C(=O)COc3ccccc3)CC2)C1. The van der Waals surface area contributed by atoms with Gasteiger partial charge < -0.3 is 14.4 Å². The molecular formula is C24H30N2O3. The number of nitrogens with zero attached hydrogens (tertiary/aromatic N) is 2. The molecule has 0 unspecified atom stereocenters. The molecule has 4 rings (SSSR count). The zero-order valence-corrected chi connectivity index (χ0v) is 17.3. The van der Waals surface area contributed by atoms with Gasteiger partial charge in [0.05, 0.1) is 0 Å². The van der Waals surface area contributed by atoms with Crippen molar-refractivity contribution >= 4 is 5.91 Å². The maximum Gasteiger partial charge on any atom is 0.260 e. The summed E-state index contributed by atoms with van der Waals surface area (Å²) in [6, 6.07) is 18.1. The van der Waals surface area contributed by atoms with Gasteiger partial charge in [-0.1, -0.05) is 36.4 Å². The van der Waals surface area contributed by atoms with E-state index >= 15 is 0 Å². The molecule has 1 aliphatic carbocycles. The van der Waals surface area contributed by atoms with Crippen molar-refractivity contribution in [3.8, 4) is 11.5 Å². The lowest BCUT2D eigenvalue weighted by molar-refractivity contribution is -0.135. The van der Waals surface area contributed by atoms with E-state index in [2.05, 4.69) is 30.1 Å². The smallest absolute Gasteiger partial charge is 0.260 e. The molecular weight excluding hydrogens is 364 g/mol. The lowest BCUT2D eigenvalue weighted by atomic mass is 9.81. The van der Waals surface area contributed by atoms with E-state index in [-0.39, 0.29) is 24.2 Å². The molecule has 0 saturated heterocycles. The molecule has 1 aliphatic heterocycles. The molecule has 154 valence electrons. The minimum absolute atomic E-state index is 0.0269. The van der Waals surface area contributed by atoms with Crippen LogP contribution in [0, 0.1) is 0 Å². The van der Waals surface area contributed by atoms with E-state index in [1.165, 1.54) is 5.56 Å². The van der Waals surface area contributed by atoms with Gasteiger partial charge in [0.1, 0.15) is 17.1 Å². The zero-order chi connectivity index (χ0) is 20.3. The summed E-state index contributed by atoms with van der Waals surface area (Å²) >= 11 is 0. The largest absolute Gasteiger partial charge is 0.486 e. The molecule has 2 aliphatic rings. The summed E-state index contributed by atoms with van der Waals surface area (Å²) in [5, 5.41) is 0. The highest BCUT2D eigenvalue weighted by Crippen LogP contribution is 2.38. The molecule has 0 bridgehead atoms. The lowest BCUT2D eigenvalue weighted by Crippen LogP contribution is -2.51. The molecule has 1 spiro atoms. The average Bonchev–Trinajstić information content (AvgIpc) is 2.87. The van der Waals surface area contributed by atoms with Crippen LogP contribution in [0.15, 0.2) is 54.6 Å². The van der Waals surface area contributed by atoms with Crippen molar-refractivity contribution in [2.24, 2.45) is 0 Å². The van der Waals surface area contributed by atoms with Gasteiger partial charge >= 0.3 is 0 Å². The molecule has 1 amide bonds. The van der Waals surface area contributed by atoms with Crippen molar-refractivity contribution in [2.45, 2.75) is 43.9 Å². The standard InChI is InChI=1S/C24H30N2O3/c1-25-16-19-8-6-7-11-22(19)29-24(18-25)14-12-20(13-15-24)26(2)23(27)17-28-21-9-4-3-5-10-21/h3-11,20H,12-18H2,1-2H3. The van der Waals surface area contributed by atoms with E-state index in [1.807, 2.05) is 48.3 Å². The Hall–Kier alpha value is -2.53. The molecule has 0 aromatic heterocycles. The fourth-order valence-corrected chi connectivity index (χ4v) is 4.58. The third-order valence-electron chi connectivity index (χ3n) is 6.21. The van der Waals surface area contributed by atoms with Gasteiger partial charge in [-0.25, -0.2) is 0 Å². The molecule has 0 atom stereocenters. The molecule has 0 radical (unpaired) electrons. The molecule has 1 saturated carbocycles. The van der Waals surface area contributed by atoms with Crippen molar-refractivity contribution in [3.63, 3.8) is 0 Å². The van der Waals surface area contributed by atoms with Crippen LogP contribution in [0.2, 0.25) is 0 Å². The van der Waals surface area contributed by atoms with E-state index < -0.39 is 0 Å². The highest BCUT2D eigenvalue weighted by atomic mass is 16.5. The van der Waals surface area contributed by atoms with Crippen molar-refractivity contribution < 1.29 is 14.3 Å². The zero-order valence-electron chi connectivity index (χ0n) is 17.3. The summed E-state index contributed by atoms with van der Waals surface area (Å²) < 4.78 is 12.2. The van der Waals surface area contributed by atoms with Crippen LogP contribution in [-0.2, 0) is 11.3 Å². The maximum absolute atomic E-state index is 12.6. The first-order valence-corrected chi connectivity index (χ1v) is 10.4. The highest BCUT2D eigenvalue weighted by Gasteiger charge is 2.41. The number of para-hydroxylation sites is 2. The number of benzene rings is 2. The predicted molar refractivity (Wildman–Crippen MR) is 113 cm³/mol. The fraction of sp³-hybridized carbons (Fsp3) is 0.458. The molecule has 5 nitrogen and oxygen atoms in total. The topological polar surface area (TPSA) is 42.0 Å². The van der Waals surface area contributed by atoms with Crippen molar-refractivity contribution in [1.29, 1.82) is 0 Å². The number of hydrogen-bond acceptors (Lipinski definition) is 4. The first-order chi connectivity index (χ1) is 14.0. The van der Waals surface area contributed by atoms with Gasteiger partial charge in [-0.05, 0) is 50.9 Å². The maximum atomic E-state index is 12.6. The summed E-state index contributed by atoms with van der Waals surface area (Å²) in [5.41, 5.74) is 1.08. The average molecular weight is 395 g/mol. The molecule has 1 fully saturated rings. The molecule has 2 aromatic carbocycles. The van der Waals surface area contributed by atoms with Gasteiger partial charge in [0.25, 0.3) is 5.91 Å². The third-order valence-corrected chi connectivity index (χ3v) is 6.21. The van der Waals surface area contributed by atoms with Crippen molar-refractivity contribution in [2.75, 3.05) is 27.2 Å². The van der Waals surface area contributed by atoms with E-state index in [4.69, 9.17) is 9.47 Å². The summed E-state index contributed by atoms with van der Waals surface area (Å²) in [5.74, 6) is 1.76. The highest BCUT2D eigenvalue weighted by molar-refractivity contribution is 5.77. The van der Waals surface area contributed by atoms with Crippen LogP contribution in [0.3, 0.4) is 0 Å². The Balaban J connectivity index is 1.35.